The lowest BCUT2D eigenvalue weighted by Crippen LogP contribution is -2.36. The molecule has 1 aromatic carbocycles. The lowest BCUT2D eigenvalue weighted by Gasteiger charge is -2.25. The SMILES string of the molecule is COC(=O)Nc1nc2c(s1)CN(CC(=O)Nc1ccc(C)c(Cl)c1)CC2. The molecule has 0 atom stereocenters. The molecule has 0 aliphatic carbocycles. The molecule has 2 amide bonds. The molecule has 0 saturated heterocycles. The first-order chi connectivity index (χ1) is 12.4. The molecule has 7 nitrogen and oxygen atoms in total. The number of anilines is 2. The number of amides is 2. The Labute approximate surface area is 160 Å². The van der Waals surface area contributed by atoms with Crippen LogP contribution in [0.15, 0.2) is 18.2 Å². The number of aryl methyl sites for hydroxylation is 1. The third kappa shape index (κ3) is 4.51. The minimum absolute atomic E-state index is 0.0919. The Bertz CT molecular complexity index is 839. The summed E-state index contributed by atoms with van der Waals surface area (Å²) in [5.74, 6) is -0.0919. The molecule has 9 heteroatoms. The van der Waals surface area contributed by atoms with Gasteiger partial charge in [0.15, 0.2) is 5.13 Å². The van der Waals surface area contributed by atoms with Crippen LogP contribution in [0.5, 0.6) is 0 Å². The van der Waals surface area contributed by atoms with E-state index in [1.807, 2.05) is 24.0 Å². The molecule has 2 N–H and O–H groups in total. The highest BCUT2D eigenvalue weighted by atomic mass is 35.5. The molecule has 2 aromatic rings. The van der Waals surface area contributed by atoms with Crippen molar-refractivity contribution in [1.82, 2.24) is 9.88 Å². The second kappa shape index (κ2) is 8.03. The van der Waals surface area contributed by atoms with Gasteiger partial charge in [-0.15, -0.1) is 0 Å². The number of carbonyl (C=O) groups is 2. The lowest BCUT2D eigenvalue weighted by atomic mass is 10.2. The highest BCUT2D eigenvalue weighted by Gasteiger charge is 2.23. The Morgan fingerprint density at radius 1 is 1.38 bits per heavy atom. The van der Waals surface area contributed by atoms with Gasteiger partial charge in [0.1, 0.15) is 0 Å². The number of hydrogen-bond donors (Lipinski definition) is 2. The van der Waals surface area contributed by atoms with E-state index in [0.717, 1.165) is 29.1 Å². The first-order valence-electron chi connectivity index (χ1n) is 8.06. The number of hydrogen-bond acceptors (Lipinski definition) is 6. The van der Waals surface area contributed by atoms with Crippen molar-refractivity contribution >= 4 is 45.8 Å². The van der Waals surface area contributed by atoms with E-state index in [9.17, 15) is 9.59 Å². The second-order valence-corrected chi connectivity index (χ2v) is 7.47. The van der Waals surface area contributed by atoms with Crippen molar-refractivity contribution in [3.05, 3.63) is 39.4 Å². The largest absolute Gasteiger partial charge is 0.453 e. The number of carbonyl (C=O) groups excluding carboxylic acids is 2. The number of methoxy groups -OCH3 is 1. The van der Waals surface area contributed by atoms with Crippen molar-refractivity contribution in [2.75, 3.05) is 30.8 Å². The first-order valence-corrected chi connectivity index (χ1v) is 9.26. The smallest absolute Gasteiger partial charge is 0.413 e. The molecule has 0 radical (unpaired) electrons. The van der Waals surface area contributed by atoms with Gasteiger partial charge in [0.2, 0.25) is 5.91 Å². The number of nitrogens with one attached hydrogen (secondary N) is 2. The predicted octanol–water partition coefficient (Wildman–Crippen LogP) is 3.28. The van der Waals surface area contributed by atoms with E-state index in [1.165, 1.54) is 18.4 Å². The molecule has 0 spiro atoms. The Hall–Kier alpha value is -2.16. The standard InChI is InChI=1S/C17H19ClN4O3S/c1-10-3-4-11(7-12(10)18)19-15(23)9-22-6-5-13-14(8-22)26-16(20-13)21-17(24)25-2/h3-4,7H,5-6,8-9H2,1-2H3,(H,19,23)(H,20,21,24). The average Bonchev–Trinajstić information content (AvgIpc) is 2.99. The van der Waals surface area contributed by atoms with Gasteiger partial charge in [-0.3, -0.25) is 15.0 Å². The van der Waals surface area contributed by atoms with Crippen LogP contribution in [0.4, 0.5) is 15.6 Å². The fourth-order valence-electron chi connectivity index (χ4n) is 2.65. The minimum atomic E-state index is -0.538. The van der Waals surface area contributed by atoms with Crippen LogP contribution < -0.4 is 10.6 Å². The summed E-state index contributed by atoms with van der Waals surface area (Å²) in [5.41, 5.74) is 2.61. The quantitative estimate of drug-likeness (QED) is 0.831. The number of nitrogens with zero attached hydrogens (tertiary/aromatic N) is 2. The summed E-state index contributed by atoms with van der Waals surface area (Å²) < 4.78 is 4.58. The topological polar surface area (TPSA) is 83.6 Å². The summed E-state index contributed by atoms with van der Waals surface area (Å²) in [7, 11) is 1.31. The third-order valence-electron chi connectivity index (χ3n) is 4.03. The summed E-state index contributed by atoms with van der Waals surface area (Å²) in [4.78, 5) is 31.1. The minimum Gasteiger partial charge on any atom is -0.453 e. The average molecular weight is 395 g/mol. The number of fused-ring (bicyclic) bond motifs is 1. The van der Waals surface area contributed by atoms with Crippen molar-refractivity contribution in [2.45, 2.75) is 19.9 Å². The highest BCUT2D eigenvalue weighted by Crippen LogP contribution is 2.28. The number of halogens is 1. The van der Waals surface area contributed by atoms with Crippen LogP contribution in [-0.4, -0.2) is 42.1 Å². The van der Waals surface area contributed by atoms with E-state index in [-0.39, 0.29) is 12.5 Å². The lowest BCUT2D eigenvalue weighted by molar-refractivity contribution is -0.117. The first kappa shape index (κ1) is 18.6. The van der Waals surface area contributed by atoms with Gasteiger partial charge in [-0.25, -0.2) is 9.78 Å². The maximum absolute atomic E-state index is 12.3. The van der Waals surface area contributed by atoms with Gasteiger partial charge in [-0.1, -0.05) is 29.0 Å². The van der Waals surface area contributed by atoms with Gasteiger partial charge in [0, 0.05) is 35.1 Å². The molecule has 1 aliphatic heterocycles. The molecule has 26 heavy (non-hydrogen) atoms. The Balaban J connectivity index is 1.57. The molecule has 2 heterocycles. The summed E-state index contributed by atoms with van der Waals surface area (Å²) in [5, 5.41) is 6.59. The number of benzene rings is 1. The van der Waals surface area contributed by atoms with Crippen molar-refractivity contribution in [3.63, 3.8) is 0 Å². The van der Waals surface area contributed by atoms with Gasteiger partial charge < -0.3 is 10.1 Å². The number of ether oxygens (including phenoxy) is 1. The summed E-state index contributed by atoms with van der Waals surface area (Å²) in [6.45, 7) is 3.55. The van der Waals surface area contributed by atoms with Crippen molar-refractivity contribution in [3.8, 4) is 0 Å². The molecule has 0 saturated carbocycles. The monoisotopic (exact) mass is 394 g/mol. The maximum Gasteiger partial charge on any atom is 0.413 e. The fraction of sp³-hybridized carbons (Fsp3) is 0.353. The predicted molar refractivity (Wildman–Crippen MR) is 102 cm³/mol. The van der Waals surface area contributed by atoms with Crippen molar-refractivity contribution in [1.29, 1.82) is 0 Å². The zero-order valence-corrected chi connectivity index (χ0v) is 16.0. The van der Waals surface area contributed by atoms with Gasteiger partial charge in [0.25, 0.3) is 0 Å². The van der Waals surface area contributed by atoms with Gasteiger partial charge in [-0.2, -0.15) is 0 Å². The number of thiazole rings is 1. The highest BCUT2D eigenvalue weighted by molar-refractivity contribution is 7.15. The second-order valence-electron chi connectivity index (χ2n) is 5.98. The Kier molecular flexibility index (Phi) is 5.75. The molecular weight excluding hydrogens is 376 g/mol. The van der Waals surface area contributed by atoms with Crippen LogP contribution in [0, 0.1) is 6.92 Å². The number of rotatable bonds is 4. The summed E-state index contributed by atoms with van der Waals surface area (Å²) in [6, 6.07) is 5.46. The zero-order chi connectivity index (χ0) is 18.7. The zero-order valence-electron chi connectivity index (χ0n) is 14.5. The molecule has 0 unspecified atom stereocenters. The molecule has 0 bridgehead atoms. The molecular formula is C17H19ClN4O3S. The molecule has 1 aliphatic rings. The normalized spacial score (nSPS) is 13.8. The van der Waals surface area contributed by atoms with E-state index in [2.05, 4.69) is 20.4 Å². The maximum atomic E-state index is 12.3. The van der Waals surface area contributed by atoms with Crippen LogP contribution >= 0.6 is 22.9 Å². The van der Waals surface area contributed by atoms with Crippen LogP contribution in [0.1, 0.15) is 16.1 Å². The molecule has 0 fully saturated rings. The third-order valence-corrected chi connectivity index (χ3v) is 5.43. The molecule has 1 aromatic heterocycles. The van der Waals surface area contributed by atoms with Gasteiger partial charge >= 0.3 is 6.09 Å². The summed E-state index contributed by atoms with van der Waals surface area (Å²) >= 11 is 7.49. The van der Waals surface area contributed by atoms with Crippen LogP contribution in [-0.2, 0) is 22.5 Å². The van der Waals surface area contributed by atoms with Crippen molar-refractivity contribution in [2.24, 2.45) is 0 Å². The van der Waals surface area contributed by atoms with E-state index in [1.54, 1.807) is 6.07 Å². The van der Waals surface area contributed by atoms with Gasteiger partial charge in [-0.05, 0) is 24.6 Å². The van der Waals surface area contributed by atoms with Crippen LogP contribution in [0.25, 0.3) is 0 Å². The van der Waals surface area contributed by atoms with E-state index in [4.69, 9.17) is 11.6 Å². The fourth-order valence-corrected chi connectivity index (χ4v) is 3.87. The Morgan fingerprint density at radius 2 is 2.19 bits per heavy atom. The molecule has 3 rings (SSSR count). The van der Waals surface area contributed by atoms with Crippen LogP contribution in [0.2, 0.25) is 5.02 Å². The van der Waals surface area contributed by atoms with Gasteiger partial charge in [0.05, 0.1) is 19.3 Å². The van der Waals surface area contributed by atoms with E-state index in [0.29, 0.717) is 22.4 Å². The Morgan fingerprint density at radius 3 is 2.92 bits per heavy atom. The summed E-state index contributed by atoms with van der Waals surface area (Å²) in [6.07, 6.45) is 0.197. The van der Waals surface area contributed by atoms with E-state index >= 15 is 0 Å². The number of aromatic nitrogens is 1. The van der Waals surface area contributed by atoms with Crippen LogP contribution in [0.3, 0.4) is 0 Å². The van der Waals surface area contributed by atoms with E-state index < -0.39 is 6.09 Å². The molecule has 138 valence electrons. The van der Waals surface area contributed by atoms with Crippen molar-refractivity contribution < 1.29 is 14.3 Å².